The number of carbonyl (C=O) groups excluding carboxylic acids is 2. The molecule has 0 bridgehead atoms. The second kappa shape index (κ2) is 9.81. The zero-order chi connectivity index (χ0) is 13.1. The van der Waals surface area contributed by atoms with Gasteiger partial charge in [0.1, 0.15) is 6.61 Å². The molecular weight excluding hydrogens is 222 g/mol. The van der Waals surface area contributed by atoms with Gasteiger partial charge in [-0.05, 0) is 19.8 Å². The fourth-order valence-corrected chi connectivity index (χ4v) is 1.15. The van der Waals surface area contributed by atoms with Crippen molar-refractivity contribution in [1.82, 2.24) is 0 Å². The van der Waals surface area contributed by atoms with Crippen molar-refractivity contribution in [2.75, 3.05) is 13.2 Å². The van der Waals surface area contributed by atoms with Crippen LogP contribution >= 0.6 is 0 Å². The molecule has 0 unspecified atom stereocenters. The maximum absolute atomic E-state index is 11.3. The Morgan fingerprint density at radius 1 is 1.12 bits per heavy atom. The predicted octanol–water partition coefficient (Wildman–Crippen LogP) is 2.09. The van der Waals surface area contributed by atoms with Crippen molar-refractivity contribution in [3.05, 3.63) is 0 Å². The molecule has 0 aliphatic rings. The summed E-state index contributed by atoms with van der Waals surface area (Å²) < 4.78 is 4.69. The molecule has 5 heteroatoms. The van der Waals surface area contributed by atoms with Crippen molar-refractivity contribution < 1.29 is 19.2 Å². The van der Waals surface area contributed by atoms with Crippen molar-refractivity contribution in [2.24, 2.45) is 5.16 Å². The molecule has 0 N–H and O–H groups in total. The molecule has 0 aliphatic carbocycles. The zero-order valence-corrected chi connectivity index (χ0v) is 10.8. The summed E-state index contributed by atoms with van der Waals surface area (Å²) in [7, 11) is 0. The minimum absolute atomic E-state index is 0.210. The number of esters is 1. The molecule has 5 nitrogen and oxygen atoms in total. The zero-order valence-electron chi connectivity index (χ0n) is 10.8. The van der Waals surface area contributed by atoms with Gasteiger partial charge in [0.05, 0.1) is 6.61 Å². The van der Waals surface area contributed by atoms with E-state index in [0.29, 0.717) is 6.61 Å². The van der Waals surface area contributed by atoms with Crippen LogP contribution in [0.15, 0.2) is 5.16 Å². The number of ketones is 1. The van der Waals surface area contributed by atoms with Crippen LogP contribution in [0.4, 0.5) is 0 Å². The molecule has 0 saturated heterocycles. The van der Waals surface area contributed by atoms with Gasteiger partial charge in [0.15, 0.2) is 5.78 Å². The number of oxime groups is 1. The molecule has 0 fully saturated rings. The number of rotatable bonds is 9. The molecule has 0 radical (unpaired) electrons. The Morgan fingerprint density at radius 3 is 2.35 bits per heavy atom. The van der Waals surface area contributed by atoms with E-state index in [2.05, 4.69) is 12.1 Å². The van der Waals surface area contributed by atoms with Gasteiger partial charge in [-0.2, -0.15) is 0 Å². The van der Waals surface area contributed by atoms with Gasteiger partial charge in [0, 0.05) is 6.92 Å². The first kappa shape index (κ1) is 15.6. The summed E-state index contributed by atoms with van der Waals surface area (Å²) in [5, 5.41) is 3.53. The quantitative estimate of drug-likeness (QED) is 0.204. The Hall–Kier alpha value is -1.39. The van der Waals surface area contributed by atoms with E-state index in [4.69, 9.17) is 9.57 Å². The first-order chi connectivity index (χ1) is 8.13. The fourth-order valence-electron chi connectivity index (χ4n) is 1.15. The third kappa shape index (κ3) is 7.49. The third-order valence-electron chi connectivity index (χ3n) is 2.05. The van der Waals surface area contributed by atoms with Gasteiger partial charge in [-0.25, -0.2) is 4.79 Å². The van der Waals surface area contributed by atoms with Crippen LogP contribution in [0.2, 0.25) is 0 Å². The van der Waals surface area contributed by atoms with Crippen LogP contribution in [0, 0.1) is 0 Å². The summed E-state index contributed by atoms with van der Waals surface area (Å²) in [5.74, 6) is -1.18. The minimum Gasteiger partial charge on any atom is -0.461 e. The van der Waals surface area contributed by atoms with E-state index >= 15 is 0 Å². The monoisotopic (exact) mass is 243 g/mol. The van der Waals surface area contributed by atoms with Crippen molar-refractivity contribution >= 4 is 17.5 Å². The highest BCUT2D eigenvalue weighted by molar-refractivity contribution is 6.63. The number of hydrogen-bond donors (Lipinski definition) is 0. The highest BCUT2D eigenvalue weighted by atomic mass is 16.6. The van der Waals surface area contributed by atoms with Crippen LogP contribution < -0.4 is 0 Å². The van der Waals surface area contributed by atoms with Crippen molar-refractivity contribution in [2.45, 2.75) is 46.5 Å². The van der Waals surface area contributed by atoms with E-state index in [1.54, 1.807) is 6.92 Å². The first-order valence-electron chi connectivity index (χ1n) is 6.01. The molecule has 0 aromatic rings. The molecule has 98 valence electrons. The lowest BCUT2D eigenvalue weighted by molar-refractivity contribution is -0.136. The predicted molar refractivity (Wildman–Crippen MR) is 64.8 cm³/mol. The maximum atomic E-state index is 11.3. The highest BCUT2D eigenvalue weighted by Gasteiger charge is 2.18. The van der Waals surface area contributed by atoms with Crippen LogP contribution in [0.1, 0.15) is 46.5 Å². The number of ether oxygens (including phenoxy) is 1. The van der Waals surface area contributed by atoms with Crippen molar-refractivity contribution in [3.63, 3.8) is 0 Å². The maximum Gasteiger partial charge on any atom is 0.364 e. The standard InChI is InChI=1S/C12H21NO4/c1-4-6-7-8-9-17-13-11(10(3)14)12(15)16-5-2/h4-9H2,1-3H3. The summed E-state index contributed by atoms with van der Waals surface area (Å²) in [4.78, 5) is 27.3. The lowest BCUT2D eigenvalue weighted by Gasteiger charge is -2.03. The number of Topliss-reactive ketones (excluding diaryl/α,β-unsaturated/α-hetero) is 1. The smallest absolute Gasteiger partial charge is 0.364 e. The summed E-state index contributed by atoms with van der Waals surface area (Å²) in [5.41, 5.74) is -0.276. The topological polar surface area (TPSA) is 65.0 Å². The number of hydrogen-bond acceptors (Lipinski definition) is 5. The molecule has 0 aliphatic heterocycles. The van der Waals surface area contributed by atoms with Crippen LogP contribution in [-0.4, -0.2) is 30.7 Å². The molecule has 0 rings (SSSR count). The molecule has 0 atom stereocenters. The normalized spacial score (nSPS) is 11.1. The Balaban J connectivity index is 4.04. The number of unbranched alkanes of at least 4 members (excludes halogenated alkanes) is 3. The van der Waals surface area contributed by atoms with E-state index in [9.17, 15) is 9.59 Å². The Labute approximate surface area is 102 Å². The van der Waals surface area contributed by atoms with Crippen LogP contribution in [-0.2, 0) is 19.2 Å². The number of nitrogens with zero attached hydrogens (tertiary/aromatic N) is 1. The van der Waals surface area contributed by atoms with Crippen LogP contribution in [0.3, 0.4) is 0 Å². The molecule has 0 amide bonds. The number of carbonyl (C=O) groups is 2. The lowest BCUT2D eigenvalue weighted by Crippen LogP contribution is -2.24. The molecular formula is C12H21NO4. The van der Waals surface area contributed by atoms with Gasteiger partial charge in [0.25, 0.3) is 0 Å². The van der Waals surface area contributed by atoms with Crippen LogP contribution in [0.5, 0.6) is 0 Å². The van der Waals surface area contributed by atoms with Gasteiger partial charge < -0.3 is 9.57 Å². The third-order valence-corrected chi connectivity index (χ3v) is 2.05. The van der Waals surface area contributed by atoms with E-state index in [-0.39, 0.29) is 12.3 Å². The average Bonchev–Trinajstić information content (AvgIpc) is 2.27. The highest BCUT2D eigenvalue weighted by Crippen LogP contribution is 1.99. The Bertz CT molecular complexity index is 274. The van der Waals surface area contributed by atoms with Gasteiger partial charge in [0.2, 0.25) is 5.71 Å². The molecule has 0 aromatic heterocycles. The fraction of sp³-hybridized carbons (Fsp3) is 0.750. The van der Waals surface area contributed by atoms with Gasteiger partial charge in [-0.1, -0.05) is 24.9 Å². The first-order valence-corrected chi connectivity index (χ1v) is 6.01. The second-order valence-electron chi connectivity index (χ2n) is 3.61. The molecule has 0 spiro atoms. The molecule has 0 aromatic carbocycles. The van der Waals surface area contributed by atoms with Gasteiger partial charge in [-0.15, -0.1) is 0 Å². The molecule has 0 saturated carbocycles. The van der Waals surface area contributed by atoms with Crippen molar-refractivity contribution in [3.8, 4) is 0 Å². The Kier molecular flexibility index (Phi) is 9.01. The van der Waals surface area contributed by atoms with E-state index < -0.39 is 11.8 Å². The summed E-state index contributed by atoms with van der Waals surface area (Å²) in [6, 6.07) is 0. The van der Waals surface area contributed by atoms with Crippen molar-refractivity contribution in [1.29, 1.82) is 0 Å². The molecule has 0 heterocycles. The van der Waals surface area contributed by atoms with Gasteiger partial charge >= 0.3 is 5.97 Å². The van der Waals surface area contributed by atoms with E-state index in [1.165, 1.54) is 6.92 Å². The largest absolute Gasteiger partial charge is 0.461 e. The van der Waals surface area contributed by atoms with E-state index in [0.717, 1.165) is 25.7 Å². The summed E-state index contributed by atoms with van der Waals surface area (Å²) >= 11 is 0. The van der Waals surface area contributed by atoms with Gasteiger partial charge in [-0.3, -0.25) is 4.79 Å². The van der Waals surface area contributed by atoms with E-state index in [1.807, 2.05) is 0 Å². The average molecular weight is 243 g/mol. The summed E-state index contributed by atoms with van der Waals surface area (Å²) in [6.07, 6.45) is 4.21. The lowest BCUT2D eigenvalue weighted by atomic mass is 10.2. The SMILES string of the molecule is CCCCCCON=C(C(C)=O)C(=O)OCC. The molecule has 17 heavy (non-hydrogen) atoms. The Morgan fingerprint density at radius 2 is 1.82 bits per heavy atom. The minimum atomic E-state index is -0.728. The van der Waals surface area contributed by atoms with Crippen LogP contribution in [0.25, 0.3) is 0 Å². The summed E-state index contributed by atoms with van der Waals surface area (Å²) in [6.45, 7) is 5.67. The second-order valence-corrected chi connectivity index (χ2v) is 3.61.